The van der Waals surface area contributed by atoms with Gasteiger partial charge in [-0.2, -0.15) is 0 Å². The maximum atomic E-state index is 12.7. The van der Waals surface area contributed by atoms with Crippen LogP contribution < -0.4 is 0 Å². The number of Topliss-reactive ketones (excluding diaryl/α,β-unsaturated/α-hetero) is 1. The summed E-state index contributed by atoms with van der Waals surface area (Å²) in [5.41, 5.74) is -0.142. The molecule has 18 heavy (non-hydrogen) atoms. The molecule has 0 aromatic carbocycles. The second-order valence-corrected chi connectivity index (χ2v) is 6.03. The number of carbonyl (C=O) groups is 1. The van der Waals surface area contributed by atoms with Gasteiger partial charge in [-0.05, 0) is 37.3 Å². The predicted molar refractivity (Wildman–Crippen MR) is 72.8 cm³/mol. The molecule has 0 atom stereocenters. The molecule has 0 aliphatic heterocycles. The second kappa shape index (κ2) is 5.29. The van der Waals surface area contributed by atoms with Crippen LogP contribution in [0.3, 0.4) is 0 Å². The molecular formula is C16H24O2. The maximum absolute atomic E-state index is 12.7. The second-order valence-electron chi connectivity index (χ2n) is 6.03. The number of ketones is 1. The standard InChI is InChI=1S/C16H24O2/c1-4-13-7-8-14(18-13)15(17)16(11-12(2)3)9-5-6-10-16/h7-8,12H,4-6,9-11H2,1-3H3. The summed E-state index contributed by atoms with van der Waals surface area (Å²) in [4.78, 5) is 12.7. The van der Waals surface area contributed by atoms with Gasteiger partial charge in [0.2, 0.25) is 5.78 Å². The van der Waals surface area contributed by atoms with Gasteiger partial charge in [0, 0.05) is 11.8 Å². The minimum absolute atomic E-state index is 0.142. The summed E-state index contributed by atoms with van der Waals surface area (Å²) in [5.74, 6) is 2.30. The van der Waals surface area contributed by atoms with Gasteiger partial charge >= 0.3 is 0 Å². The summed E-state index contributed by atoms with van der Waals surface area (Å²) in [7, 11) is 0. The fourth-order valence-corrected chi connectivity index (χ4v) is 3.31. The van der Waals surface area contributed by atoms with Crippen LogP contribution in [0.25, 0.3) is 0 Å². The minimum Gasteiger partial charge on any atom is -0.458 e. The fraction of sp³-hybridized carbons (Fsp3) is 0.688. The Morgan fingerprint density at radius 1 is 1.33 bits per heavy atom. The smallest absolute Gasteiger partial charge is 0.204 e. The lowest BCUT2D eigenvalue weighted by molar-refractivity contribution is 0.0727. The number of aryl methyl sites for hydroxylation is 1. The first-order valence-electron chi connectivity index (χ1n) is 7.21. The van der Waals surface area contributed by atoms with Crippen LogP contribution >= 0.6 is 0 Å². The van der Waals surface area contributed by atoms with Crippen molar-refractivity contribution in [1.29, 1.82) is 0 Å². The third-order valence-electron chi connectivity index (χ3n) is 4.08. The average molecular weight is 248 g/mol. The monoisotopic (exact) mass is 248 g/mol. The van der Waals surface area contributed by atoms with E-state index < -0.39 is 0 Å². The van der Waals surface area contributed by atoms with E-state index in [1.807, 2.05) is 19.1 Å². The predicted octanol–water partition coefficient (Wildman–Crippen LogP) is 4.63. The lowest BCUT2D eigenvalue weighted by Gasteiger charge is -2.28. The van der Waals surface area contributed by atoms with Crippen LogP contribution in [0.4, 0.5) is 0 Å². The molecule has 1 heterocycles. The van der Waals surface area contributed by atoms with E-state index in [9.17, 15) is 4.79 Å². The Kier molecular flexibility index (Phi) is 3.94. The van der Waals surface area contributed by atoms with Crippen LogP contribution in [0.15, 0.2) is 16.5 Å². The lowest BCUT2D eigenvalue weighted by atomic mass is 9.74. The van der Waals surface area contributed by atoms with Gasteiger partial charge in [-0.15, -0.1) is 0 Å². The van der Waals surface area contributed by atoms with Gasteiger partial charge in [-0.1, -0.05) is 33.6 Å². The van der Waals surface area contributed by atoms with E-state index in [-0.39, 0.29) is 11.2 Å². The molecule has 1 aliphatic rings. The highest BCUT2D eigenvalue weighted by atomic mass is 16.3. The summed E-state index contributed by atoms with van der Waals surface area (Å²) in [5, 5.41) is 0. The topological polar surface area (TPSA) is 30.2 Å². The van der Waals surface area contributed by atoms with Crippen LogP contribution in [0.1, 0.15) is 69.2 Å². The summed E-state index contributed by atoms with van der Waals surface area (Å²) >= 11 is 0. The van der Waals surface area contributed by atoms with Gasteiger partial charge in [-0.25, -0.2) is 0 Å². The van der Waals surface area contributed by atoms with Crippen molar-refractivity contribution < 1.29 is 9.21 Å². The van der Waals surface area contributed by atoms with E-state index in [0.29, 0.717) is 11.7 Å². The van der Waals surface area contributed by atoms with E-state index in [2.05, 4.69) is 13.8 Å². The van der Waals surface area contributed by atoms with Crippen LogP contribution in [0.2, 0.25) is 0 Å². The van der Waals surface area contributed by atoms with E-state index >= 15 is 0 Å². The molecule has 0 saturated heterocycles. The van der Waals surface area contributed by atoms with Crippen LogP contribution in [-0.4, -0.2) is 5.78 Å². The largest absolute Gasteiger partial charge is 0.458 e. The molecule has 100 valence electrons. The first kappa shape index (κ1) is 13.4. The van der Waals surface area contributed by atoms with Crippen molar-refractivity contribution in [2.45, 2.75) is 59.3 Å². The Labute approximate surface area is 110 Å². The van der Waals surface area contributed by atoms with Gasteiger partial charge in [0.1, 0.15) is 5.76 Å². The molecule has 1 saturated carbocycles. The van der Waals surface area contributed by atoms with Crippen molar-refractivity contribution in [3.8, 4) is 0 Å². The molecule has 0 amide bonds. The SMILES string of the molecule is CCc1ccc(C(=O)C2(CC(C)C)CCCC2)o1. The molecule has 2 nitrogen and oxygen atoms in total. The molecule has 0 unspecified atom stereocenters. The third-order valence-corrected chi connectivity index (χ3v) is 4.08. The van der Waals surface area contributed by atoms with Gasteiger partial charge in [0.15, 0.2) is 5.76 Å². The Morgan fingerprint density at radius 3 is 2.50 bits per heavy atom. The number of hydrogen-bond donors (Lipinski definition) is 0. The summed E-state index contributed by atoms with van der Waals surface area (Å²) in [6, 6.07) is 3.80. The average Bonchev–Trinajstić information content (AvgIpc) is 2.96. The number of furan rings is 1. The quantitative estimate of drug-likeness (QED) is 0.711. The zero-order valence-electron chi connectivity index (χ0n) is 11.8. The first-order chi connectivity index (χ1) is 8.57. The highest BCUT2D eigenvalue weighted by Gasteiger charge is 2.42. The summed E-state index contributed by atoms with van der Waals surface area (Å²) in [6.45, 7) is 6.45. The van der Waals surface area contributed by atoms with Crippen molar-refractivity contribution in [3.05, 3.63) is 23.7 Å². The molecule has 2 rings (SSSR count). The van der Waals surface area contributed by atoms with Crippen molar-refractivity contribution >= 4 is 5.78 Å². The Bertz CT molecular complexity index is 408. The number of rotatable bonds is 5. The number of hydrogen-bond acceptors (Lipinski definition) is 2. The van der Waals surface area contributed by atoms with Gasteiger partial charge in [0.05, 0.1) is 0 Å². The fourth-order valence-electron chi connectivity index (χ4n) is 3.31. The zero-order valence-corrected chi connectivity index (χ0v) is 11.8. The van der Waals surface area contributed by atoms with Crippen LogP contribution in [0.5, 0.6) is 0 Å². The Hall–Kier alpha value is -1.05. The van der Waals surface area contributed by atoms with Crippen LogP contribution in [0, 0.1) is 11.3 Å². The van der Waals surface area contributed by atoms with E-state index in [1.54, 1.807) is 0 Å². The molecule has 2 heteroatoms. The normalized spacial score (nSPS) is 18.4. The van der Waals surface area contributed by atoms with Gasteiger partial charge in [-0.3, -0.25) is 4.79 Å². The van der Waals surface area contributed by atoms with Crippen molar-refractivity contribution in [2.75, 3.05) is 0 Å². The minimum atomic E-state index is -0.142. The highest BCUT2D eigenvalue weighted by molar-refractivity contribution is 5.98. The third kappa shape index (κ3) is 2.52. The Morgan fingerprint density at radius 2 is 2.00 bits per heavy atom. The van der Waals surface area contributed by atoms with Crippen LogP contribution in [-0.2, 0) is 6.42 Å². The molecule has 0 bridgehead atoms. The molecule has 1 aliphatic carbocycles. The highest BCUT2D eigenvalue weighted by Crippen LogP contribution is 2.45. The summed E-state index contributed by atoms with van der Waals surface area (Å²) in [6.07, 6.45) is 6.27. The van der Waals surface area contributed by atoms with E-state index in [0.717, 1.165) is 31.4 Å². The first-order valence-corrected chi connectivity index (χ1v) is 7.21. The Balaban J connectivity index is 2.22. The van der Waals surface area contributed by atoms with Crippen molar-refractivity contribution in [2.24, 2.45) is 11.3 Å². The molecule has 0 spiro atoms. The number of carbonyl (C=O) groups excluding carboxylic acids is 1. The maximum Gasteiger partial charge on any atom is 0.204 e. The summed E-state index contributed by atoms with van der Waals surface area (Å²) < 4.78 is 5.66. The van der Waals surface area contributed by atoms with Crippen molar-refractivity contribution in [3.63, 3.8) is 0 Å². The zero-order chi connectivity index (χ0) is 13.2. The molecule has 1 aromatic rings. The molecule has 1 fully saturated rings. The van der Waals surface area contributed by atoms with E-state index in [1.165, 1.54) is 12.8 Å². The molecule has 0 N–H and O–H groups in total. The molecule has 1 aromatic heterocycles. The van der Waals surface area contributed by atoms with Crippen molar-refractivity contribution in [1.82, 2.24) is 0 Å². The molecule has 0 radical (unpaired) electrons. The molecular weight excluding hydrogens is 224 g/mol. The van der Waals surface area contributed by atoms with Gasteiger partial charge in [0.25, 0.3) is 0 Å². The van der Waals surface area contributed by atoms with Gasteiger partial charge < -0.3 is 4.42 Å². The van der Waals surface area contributed by atoms with E-state index in [4.69, 9.17) is 4.42 Å². The lowest BCUT2D eigenvalue weighted by Crippen LogP contribution is -2.29.